The number of unbranched alkanes of at least 4 members (excludes halogenated alkanes) is 2. The van der Waals surface area contributed by atoms with Crippen LogP contribution in [0.25, 0.3) is 0 Å². The molecule has 8 nitrogen and oxygen atoms in total. The van der Waals surface area contributed by atoms with E-state index in [-0.39, 0.29) is 13.2 Å². The third-order valence-corrected chi connectivity index (χ3v) is 5.78. The van der Waals surface area contributed by atoms with Crippen LogP contribution in [0, 0.1) is 0 Å². The van der Waals surface area contributed by atoms with E-state index >= 15 is 0 Å². The van der Waals surface area contributed by atoms with Crippen LogP contribution in [-0.4, -0.2) is 70.2 Å². The van der Waals surface area contributed by atoms with E-state index in [1.54, 1.807) is 13.8 Å². The smallest absolute Gasteiger partial charge is 0.378 e. The van der Waals surface area contributed by atoms with Gasteiger partial charge in [-0.1, -0.05) is 26.7 Å². The van der Waals surface area contributed by atoms with Crippen LogP contribution in [-0.2, 0) is 38.0 Å². The van der Waals surface area contributed by atoms with Crippen LogP contribution in [0.4, 0.5) is 13.2 Å². The topological polar surface area (TPSA) is 89.5 Å². The van der Waals surface area contributed by atoms with Gasteiger partial charge in [0, 0.05) is 13.2 Å². The predicted molar refractivity (Wildman–Crippen MR) is 98.9 cm³/mol. The van der Waals surface area contributed by atoms with Crippen LogP contribution in [0.15, 0.2) is 0 Å². The summed E-state index contributed by atoms with van der Waals surface area (Å²) in [5, 5.41) is 0. The Labute approximate surface area is 175 Å². The molecule has 2 saturated heterocycles. The Balaban J connectivity index is 2.26. The molecule has 178 valence electrons. The lowest BCUT2D eigenvalue weighted by atomic mass is 9.96. The maximum Gasteiger partial charge on any atom is 0.523 e. The van der Waals surface area contributed by atoms with Gasteiger partial charge < -0.3 is 23.7 Å². The summed E-state index contributed by atoms with van der Waals surface area (Å²) in [6, 6.07) is 0. The van der Waals surface area contributed by atoms with E-state index < -0.39 is 52.1 Å². The first-order valence-corrected chi connectivity index (χ1v) is 11.5. The number of ether oxygens (including phenoxy) is 5. The van der Waals surface area contributed by atoms with E-state index in [0.29, 0.717) is 19.4 Å². The zero-order valence-electron chi connectivity index (χ0n) is 17.7. The summed E-state index contributed by atoms with van der Waals surface area (Å²) in [4.78, 5) is 0. The SMILES string of the molecule is CCCCOC[C@@]1(COS(=O)(=O)C(F)(F)F)O[C@@H]2OC(C)(C)O[C@H]2C1OCCCC. The van der Waals surface area contributed by atoms with E-state index in [2.05, 4.69) is 4.18 Å². The van der Waals surface area contributed by atoms with Gasteiger partial charge in [0.1, 0.15) is 24.4 Å². The zero-order chi connectivity index (χ0) is 22.6. The van der Waals surface area contributed by atoms with Gasteiger partial charge in [-0.3, -0.25) is 4.18 Å². The Morgan fingerprint density at radius 2 is 1.60 bits per heavy atom. The van der Waals surface area contributed by atoms with Gasteiger partial charge in [-0.2, -0.15) is 21.6 Å². The molecular weight excluding hydrogens is 433 g/mol. The second kappa shape index (κ2) is 9.97. The number of alkyl halides is 3. The van der Waals surface area contributed by atoms with E-state index in [1.165, 1.54) is 0 Å². The van der Waals surface area contributed by atoms with Crippen molar-refractivity contribution in [2.45, 2.75) is 88.8 Å². The van der Waals surface area contributed by atoms with Crippen molar-refractivity contribution in [3.05, 3.63) is 0 Å². The van der Waals surface area contributed by atoms with Crippen molar-refractivity contribution in [3.63, 3.8) is 0 Å². The molecule has 0 saturated carbocycles. The van der Waals surface area contributed by atoms with Crippen molar-refractivity contribution in [1.29, 1.82) is 0 Å². The van der Waals surface area contributed by atoms with Gasteiger partial charge in [0.05, 0.1) is 6.61 Å². The summed E-state index contributed by atoms with van der Waals surface area (Å²) >= 11 is 0. The molecule has 0 radical (unpaired) electrons. The van der Waals surface area contributed by atoms with Crippen molar-refractivity contribution in [3.8, 4) is 0 Å². The molecule has 0 N–H and O–H groups in total. The number of hydrogen-bond acceptors (Lipinski definition) is 8. The summed E-state index contributed by atoms with van der Waals surface area (Å²) in [5.74, 6) is -0.990. The van der Waals surface area contributed by atoms with Crippen LogP contribution in [0.2, 0.25) is 0 Å². The average Bonchev–Trinajstić information content (AvgIpc) is 3.06. The number of hydrogen-bond donors (Lipinski definition) is 0. The fraction of sp³-hybridized carbons (Fsp3) is 1.00. The molecule has 0 bridgehead atoms. The highest BCUT2D eigenvalue weighted by molar-refractivity contribution is 7.87. The van der Waals surface area contributed by atoms with Crippen molar-refractivity contribution in [1.82, 2.24) is 0 Å². The highest BCUT2D eigenvalue weighted by Crippen LogP contribution is 2.44. The van der Waals surface area contributed by atoms with Crippen LogP contribution in [0.5, 0.6) is 0 Å². The number of halogens is 3. The van der Waals surface area contributed by atoms with E-state index in [1.807, 2.05) is 13.8 Å². The summed E-state index contributed by atoms with van der Waals surface area (Å²) in [5.41, 5.74) is -7.20. The maximum atomic E-state index is 12.8. The van der Waals surface area contributed by atoms with E-state index in [0.717, 1.165) is 12.8 Å². The molecular formula is C18H31F3O8S. The quantitative estimate of drug-likeness (QED) is 0.247. The fourth-order valence-electron chi connectivity index (χ4n) is 3.26. The molecule has 0 amide bonds. The number of rotatable bonds is 12. The minimum absolute atomic E-state index is 0.239. The van der Waals surface area contributed by atoms with E-state index in [9.17, 15) is 21.6 Å². The molecule has 0 spiro atoms. The molecule has 12 heteroatoms. The predicted octanol–water partition coefficient (Wildman–Crippen LogP) is 3.10. The molecule has 0 aromatic heterocycles. The molecule has 2 heterocycles. The van der Waals surface area contributed by atoms with Gasteiger partial charge in [0.15, 0.2) is 12.1 Å². The first-order valence-electron chi connectivity index (χ1n) is 10.1. The van der Waals surface area contributed by atoms with Gasteiger partial charge in [0.2, 0.25) is 0 Å². The molecule has 1 unspecified atom stereocenters. The highest BCUT2D eigenvalue weighted by atomic mass is 32.2. The Kier molecular flexibility index (Phi) is 8.56. The minimum atomic E-state index is -5.83. The molecule has 30 heavy (non-hydrogen) atoms. The Morgan fingerprint density at radius 1 is 0.967 bits per heavy atom. The number of fused-ring (bicyclic) bond motifs is 1. The van der Waals surface area contributed by atoms with Gasteiger partial charge in [0.25, 0.3) is 0 Å². The first-order chi connectivity index (χ1) is 13.9. The molecule has 0 aliphatic carbocycles. The Bertz CT molecular complexity index is 654. The molecule has 2 aliphatic heterocycles. The summed E-state index contributed by atoms with van der Waals surface area (Å²) in [7, 11) is -5.83. The normalized spacial score (nSPS) is 31.2. The van der Waals surface area contributed by atoms with Gasteiger partial charge in [-0.05, 0) is 26.7 Å². The van der Waals surface area contributed by atoms with Crippen molar-refractivity contribution in [2.24, 2.45) is 0 Å². The molecule has 0 aromatic rings. The highest BCUT2D eigenvalue weighted by Gasteiger charge is 2.64. The first kappa shape index (κ1) is 25.8. The van der Waals surface area contributed by atoms with Gasteiger partial charge >= 0.3 is 15.6 Å². The molecule has 2 rings (SSSR count). The van der Waals surface area contributed by atoms with Crippen molar-refractivity contribution >= 4 is 10.1 Å². The molecule has 4 atom stereocenters. The summed E-state index contributed by atoms with van der Waals surface area (Å²) in [6.07, 6.45) is 0.389. The molecule has 2 aliphatic rings. The lowest BCUT2D eigenvalue weighted by molar-refractivity contribution is -0.258. The minimum Gasteiger partial charge on any atom is -0.378 e. The van der Waals surface area contributed by atoms with Crippen LogP contribution < -0.4 is 0 Å². The standard InChI is InChI=1S/C18H31F3O8S/c1-5-7-9-24-11-17(12-26-30(22,23)18(19,20)21)14(25-10-8-6-2)13-15(29-17)28-16(3,4)27-13/h13-15H,5-12H2,1-4H3/t13-,14?,15-,17-/m0/s1. The van der Waals surface area contributed by atoms with Crippen LogP contribution in [0.1, 0.15) is 53.4 Å². The maximum absolute atomic E-state index is 12.8. The van der Waals surface area contributed by atoms with Crippen LogP contribution >= 0.6 is 0 Å². The second-order valence-electron chi connectivity index (χ2n) is 7.86. The lowest BCUT2D eigenvalue weighted by Gasteiger charge is -2.36. The molecule has 0 aromatic carbocycles. The largest absolute Gasteiger partial charge is 0.523 e. The Hall–Kier alpha value is -0.500. The van der Waals surface area contributed by atoms with Crippen molar-refractivity contribution < 1.29 is 49.5 Å². The van der Waals surface area contributed by atoms with Gasteiger partial charge in [-0.25, -0.2) is 0 Å². The summed E-state index contributed by atoms with van der Waals surface area (Å²) in [6.45, 7) is 6.65. The van der Waals surface area contributed by atoms with Crippen molar-refractivity contribution in [2.75, 3.05) is 26.4 Å². The van der Waals surface area contributed by atoms with Crippen LogP contribution in [0.3, 0.4) is 0 Å². The second-order valence-corrected chi connectivity index (χ2v) is 9.47. The lowest BCUT2D eigenvalue weighted by Crippen LogP contribution is -2.54. The third kappa shape index (κ3) is 6.05. The monoisotopic (exact) mass is 464 g/mol. The molecule has 2 fully saturated rings. The average molecular weight is 464 g/mol. The Morgan fingerprint density at radius 3 is 2.20 bits per heavy atom. The zero-order valence-corrected chi connectivity index (χ0v) is 18.5. The third-order valence-electron chi connectivity index (χ3n) is 4.78. The van der Waals surface area contributed by atoms with Gasteiger partial charge in [-0.15, -0.1) is 0 Å². The van der Waals surface area contributed by atoms with E-state index in [4.69, 9.17) is 23.7 Å². The fourth-order valence-corrected chi connectivity index (χ4v) is 3.75. The summed E-state index contributed by atoms with van der Waals surface area (Å²) < 4.78 is 94.6.